The van der Waals surface area contributed by atoms with Crippen molar-refractivity contribution >= 4 is 37.4 Å². The summed E-state index contributed by atoms with van der Waals surface area (Å²) in [6.07, 6.45) is -1.97. The first kappa shape index (κ1) is 31.5. The van der Waals surface area contributed by atoms with Gasteiger partial charge in [-0.15, -0.1) is 5.06 Å². The third-order valence-corrected chi connectivity index (χ3v) is 6.81. The van der Waals surface area contributed by atoms with Gasteiger partial charge in [0.1, 0.15) is 5.66 Å². The number of rotatable bonds is 11. The lowest BCUT2D eigenvalue weighted by Gasteiger charge is -2.24. The van der Waals surface area contributed by atoms with E-state index in [0.717, 1.165) is 0 Å². The van der Waals surface area contributed by atoms with Gasteiger partial charge < -0.3 is 19.0 Å². The monoisotopic (exact) mass is 537 g/mol. The third kappa shape index (κ3) is 8.86. The summed E-state index contributed by atoms with van der Waals surface area (Å²) < 4.78 is 39.4. The minimum Gasteiger partial charge on any atom is -0.438 e. The second-order valence-corrected chi connectivity index (χ2v) is 12.1. The van der Waals surface area contributed by atoms with Crippen molar-refractivity contribution in [1.82, 2.24) is 5.06 Å². The van der Waals surface area contributed by atoms with Crippen LogP contribution in [0.4, 0.5) is 0 Å². The number of carbonyl (C=O) groups excluding carboxylic acids is 5. The largest absolute Gasteiger partial charge is 0.438 e. The number of amides is 1. The Bertz CT molecular complexity index is 852. The maximum Gasteiger partial charge on any atom is 0.349 e. The number of ether oxygens (including phenoxy) is 3. The van der Waals surface area contributed by atoms with Crippen LogP contribution in [0.2, 0.25) is 0 Å². The molecule has 36 heavy (non-hydrogen) atoms. The van der Waals surface area contributed by atoms with Crippen LogP contribution in [0.1, 0.15) is 74.7 Å². The molecule has 0 aromatic heterocycles. The van der Waals surface area contributed by atoms with Crippen LogP contribution in [-0.2, 0) is 56.6 Å². The normalized spacial score (nSPS) is 18.6. The number of hydroxylamine groups is 2. The highest BCUT2D eigenvalue weighted by atomic mass is 31.2. The Hall–Kier alpha value is -2.50. The molecule has 1 rings (SSSR count). The maximum atomic E-state index is 13.7. The molecule has 0 saturated carbocycles. The molecule has 1 amide bonds. The maximum absolute atomic E-state index is 13.7. The second-order valence-electron chi connectivity index (χ2n) is 9.93. The summed E-state index contributed by atoms with van der Waals surface area (Å²) in [4.78, 5) is 66.0. The van der Waals surface area contributed by atoms with Crippen molar-refractivity contribution in [1.29, 1.82) is 0 Å². The average molecular weight is 537 g/mol. The SMILES string of the molecule is CCC(=O)OC1CC(P(=O)(OCOC(=O)C(C)(C)C)OCOC(=O)C(C)(C)C)C(=O)N1OC(=O)CC. The van der Waals surface area contributed by atoms with Gasteiger partial charge in [-0.25, -0.2) is 4.79 Å². The molecule has 0 bridgehead atoms. The highest BCUT2D eigenvalue weighted by Crippen LogP contribution is 2.57. The number of nitrogens with zero attached hydrogens (tertiary/aromatic N) is 1. The van der Waals surface area contributed by atoms with Crippen molar-refractivity contribution in [2.24, 2.45) is 10.8 Å². The predicted molar refractivity (Wildman–Crippen MR) is 122 cm³/mol. The zero-order chi connectivity index (χ0) is 27.9. The van der Waals surface area contributed by atoms with Gasteiger partial charge in [0, 0.05) is 19.3 Å². The van der Waals surface area contributed by atoms with Crippen molar-refractivity contribution in [2.75, 3.05) is 13.6 Å². The Morgan fingerprint density at radius 1 is 0.861 bits per heavy atom. The van der Waals surface area contributed by atoms with Gasteiger partial charge in [-0.05, 0) is 41.5 Å². The van der Waals surface area contributed by atoms with Gasteiger partial charge in [-0.3, -0.25) is 32.8 Å². The minimum absolute atomic E-state index is 0.0406. The Morgan fingerprint density at radius 2 is 1.31 bits per heavy atom. The van der Waals surface area contributed by atoms with Crippen molar-refractivity contribution in [3.8, 4) is 0 Å². The summed E-state index contributed by atoms with van der Waals surface area (Å²) in [6, 6.07) is 0. The van der Waals surface area contributed by atoms with E-state index >= 15 is 0 Å². The van der Waals surface area contributed by atoms with Gasteiger partial charge in [-0.1, -0.05) is 13.8 Å². The lowest BCUT2D eigenvalue weighted by molar-refractivity contribution is -0.227. The average Bonchev–Trinajstić information content (AvgIpc) is 3.07. The first-order chi connectivity index (χ1) is 16.5. The number of hydrogen-bond donors (Lipinski definition) is 0. The summed E-state index contributed by atoms with van der Waals surface area (Å²) in [5.74, 6) is -3.91. The standard InChI is InChI=1S/C22H36NO12P/c1-9-16(24)34-15-11-14(18(26)23(15)35-17(25)10-2)36(29,32-12-30-19(27)21(3,4)5)33-13-31-20(28)22(6,7)8/h14-15H,9-13H2,1-8H3. The van der Waals surface area contributed by atoms with Gasteiger partial charge in [0.05, 0.1) is 10.8 Å². The van der Waals surface area contributed by atoms with E-state index in [1.807, 2.05) is 0 Å². The molecule has 0 N–H and O–H groups in total. The highest BCUT2D eigenvalue weighted by molar-refractivity contribution is 7.55. The second kappa shape index (κ2) is 12.6. The van der Waals surface area contributed by atoms with Gasteiger partial charge in [-0.2, -0.15) is 0 Å². The lowest BCUT2D eigenvalue weighted by Crippen LogP contribution is -2.39. The van der Waals surface area contributed by atoms with Crippen molar-refractivity contribution < 1.29 is 56.6 Å². The topological polar surface area (TPSA) is 161 Å². The summed E-state index contributed by atoms with van der Waals surface area (Å²) in [5.41, 5.74) is -3.42. The Kier molecular flexibility index (Phi) is 11.1. The van der Waals surface area contributed by atoms with E-state index in [-0.39, 0.29) is 12.8 Å². The van der Waals surface area contributed by atoms with Crippen LogP contribution in [0.25, 0.3) is 0 Å². The fraction of sp³-hybridized carbons (Fsp3) is 0.773. The van der Waals surface area contributed by atoms with Crippen LogP contribution in [0, 0.1) is 10.8 Å². The van der Waals surface area contributed by atoms with E-state index < -0.39 is 80.1 Å². The third-order valence-electron chi connectivity index (χ3n) is 4.69. The number of esters is 3. The first-order valence-corrected chi connectivity index (χ1v) is 13.0. The van der Waals surface area contributed by atoms with Gasteiger partial charge >= 0.3 is 31.5 Å². The quantitative estimate of drug-likeness (QED) is 0.164. The molecule has 0 aromatic carbocycles. The molecule has 1 saturated heterocycles. The minimum atomic E-state index is -4.55. The molecule has 1 heterocycles. The molecule has 0 spiro atoms. The molecule has 1 fully saturated rings. The van der Waals surface area contributed by atoms with Gasteiger partial charge in [0.25, 0.3) is 5.91 Å². The summed E-state index contributed by atoms with van der Waals surface area (Å²) in [7, 11) is -4.55. The Labute approximate surface area is 210 Å². The van der Waals surface area contributed by atoms with E-state index in [1.54, 1.807) is 41.5 Å². The predicted octanol–water partition coefficient (Wildman–Crippen LogP) is 3.05. The summed E-state index contributed by atoms with van der Waals surface area (Å²) in [5, 5.41) is 0.506. The number of carbonyl (C=O) groups is 5. The summed E-state index contributed by atoms with van der Waals surface area (Å²) in [6.45, 7) is 10.8. The van der Waals surface area contributed by atoms with E-state index in [0.29, 0.717) is 5.06 Å². The highest BCUT2D eigenvalue weighted by Gasteiger charge is 2.55. The van der Waals surface area contributed by atoms with Crippen LogP contribution in [-0.4, -0.2) is 60.3 Å². The fourth-order valence-corrected chi connectivity index (χ4v) is 4.16. The Balaban J connectivity index is 3.19. The van der Waals surface area contributed by atoms with Crippen LogP contribution >= 0.6 is 7.60 Å². The number of hydrogen-bond acceptors (Lipinski definition) is 12. The molecule has 0 radical (unpaired) electrons. The van der Waals surface area contributed by atoms with Crippen molar-refractivity contribution in [3.63, 3.8) is 0 Å². The first-order valence-electron chi connectivity index (χ1n) is 11.4. The fourth-order valence-electron chi connectivity index (χ4n) is 2.51. The molecule has 1 aliphatic rings. The molecule has 13 nitrogen and oxygen atoms in total. The molecule has 2 atom stereocenters. The van der Waals surface area contributed by atoms with Gasteiger partial charge in [0.15, 0.2) is 0 Å². The summed E-state index contributed by atoms with van der Waals surface area (Å²) >= 11 is 0. The Morgan fingerprint density at radius 3 is 1.69 bits per heavy atom. The van der Waals surface area contributed by atoms with E-state index in [4.69, 9.17) is 28.1 Å². The molecular formula is C22H36NO12P. The smallest absolute Gasteiger partial charge is 0.349 e. The van der Waals surface area contributed by atoms with Gasteiger partial charge in [0.2, 0.25) is 19.8 Å². The zero-order valence-corrected chi connectivity index (χ0v) is 22.9. The molecule has 0 aromatic rings. The van der Waals surface area contributed by atoms with Crippen molar-refractivity contribution in [2.45, 2.75) is 86.5 Å². The molecule has 0 aliphatic carbocycles. The molecule has 2 unspecified atom stereocenters. The lowest BCUT2D eigenvalue weighted by atomic mass is 9.98. The zero-order valence-electron chi connectivity index (χ0n) is 22.0. The van der Waals surface area contributed by atoms with Crippen LogP contribution < -0.4 is 0 Å². The van der Waals surface area contributed by atoms with E-state index in [1.165, 1.54) is 13.8 Å². The molecule has 14 heteroatoms. The molecule has 206 valence electrons. The molecular weight excluding hydrogens is 501 g/mol. The van der Waals surface area contributed by atoms with Crippen LogP contribution in [0.3, 0.4) is 0 Å². The van der Waals surface area contributed by atoms with Crippen LogP contribution in [0.5, 0.6) is 0 Å². The van der Waals surface area contributed by atoms with E-state index in [9.17, 15) is 28.5 Å². The van der Waals surface area contributed by atoms with Crippen molar-refractivity contribution in [3.05, 3.63) is 0 Å². The molecule has 1 aliphatic heterocycles. The van der Waals surface area contributed by atoms with Crippen LogP contribution in [0.15, 0.2) is 0 Å². The van der Waals surface area contributed by atoms with E-state index in [2.05, 4.69) is 0 Å².